The topological polar surface area (TPSA) is 37.8 Å². The number of benzene rings is 3. The Morgan fingerprint density at radius 3 is 2.07 bits per heavy atom. The summed E-state index contributed by atoms with van der Waals surface area (Å²) >= 11 is 0. The number of anilines is 1. The van der Waals surface area contributed by atoms with Crippen molar-refractivity contribution in [3.05, 3.63) is 102 Å². The van der Waals surface area contributed by atoms with Crippen LogP contribution in [0.4, 0.5) is 10.2 Å². The van der Waals surface area contributed by atoms with E-state index in [-0.39, 0.29) is 11.9 Å². The summed E-state index contributed by atoms with van der Waals surface area (Å²) in [5.41, 5.74) is 3.69. The van der Waals surface area contributed by atoms with Crippen LogP contribution in [0.25, 0.3) is 22.6 Å². The van der Waals surface area contributed by atoms with Gasteiger partial charge in [-0.1, -0.05) is 60.7 Å². The van der Waals surface area contributed by atoms with Crippen molar-refractivity contribution >= 4 is 5.82 Å². The van der Waals surface area contributed by atoms with Crippen molar-refractivity contribution in [3.63, 3.8) is 0 Å². The van der Waals surface area contributed by atoms with Crippen molar-refractivity contribution in [3.8, 4) is 22.6 Å². The number of rotatable bonds is 5. The zero-order valence-corrected chi connectivity index (χ0v) is 15.5. The summed E-state index contributed by atoms with van der Waals surface area (Å²) in [5.74, 6) is 1.09. The van der Waals surface area contributed by atoms with E-state index >= 15 is 0 Å². The van der Waals surface area contributed by atoms with Crippen LogP contribution in [0.5, 0.6) is 0 Å². The summed E-state index contributed by atoms with van der Waals surface area (Å²) in [5, 5.41) is 3.46. The smallest absolute Gasteiger partial charge is 0.162 e. The molecule has 0 amide bonds. The number of nitrogens with one attached hydrogen (secondary N) is 1. The summed E-state index contributed by atoms with van der Waals surface area (Å²) in [4.78, 5) is 9.43. The van der Waals surface area contributed by atoms with Crippen LogP contribution >= 0.6 is 0 Å². The fraction of sp³-hybridized carbons (Fsp3) is 0.0833. The third-order valence-corrected chi connectivity index (χ3v) is 4.56. The van der Waals surface area contributed by atoms with Crippen molar-refractivity contribution in [2.45, 2.75) is 13.0 Å². The second-order valence-corrected chi connectivity index (χ2v) is 6.61. The monoisotopic (exact) mass is 369 g/mol. The molecule has 1 atom stereocenters. The maximum Gasteiger partial charge on any atom is 0.162 e. The van der Waals surface area contributed by atoms with E-state index in [0.29, 0.717) is 5.82 Å². The van der Waals surface area contributed by atoms with E-state index in [1.165, 1.54) is 17.7 Å². The van der Waals surface area contributed by atoms with Gasteiger partial charge in [-0.05, 0) is 36.8 Å². The summed E-state index contributed by atoms with van der Waals surface area (Å²) in [7, 11) is 0. The van der Waals surface area contributed by atoms with E-state index in [0.717, 1.165) is 22.6 Å². The molecular weight excluding hydrogens is 349 g/mol. The van der Waals surface area contributed by atoms with Crippen molar-refractivity contribution < 1.29 is 4.39 Å². The van der Waals surface area contributed by atoms with Gasteiger partial charge in [-0.15, -0.1) is 0 Å². The Hall–Kier alpha value is -3.53. The average Bonchev–Trinajstić information content (AvgIpc) is 2.75. The first kappa shape index (κ1) is 17.9. The molecule has 0 aliphatic rings. The molecule has 28 heavy (non-hydrogen) atoms. The van der Waals surface area contributed by atoms with E-state index in [1.54, 1.807) is 12.1 Å². The van der Waals surface area contributed by atoms with Gasteiger partial charge in [0, 0.05) is 23.2 Å². The van der Waals surface area contributed by atoms with Crippen LogP contribution in [0.15, 0.2) is 91.0 Å². The van der Waals surface area contributed by atoms with Gasteiger partial charge in [-0.2, -0.15) is 0 Å². The summed E-state index contributed by atoms with van der Waals surface area (Å²) in [6.45, 7) is 2.09. The van der Waals surface area contributed by atoms with Crippen molar-refractivity contribution in [2.24, 2.45) is 0 Å². The summed E-state index contributed by atoms with van der Waals surface area (Å²) in [6, 6.07) is 28.4. The summed E-state index contributed by atoms with van der Waals surface area (Å²) < 4.78 is 13.3. The minimum atomic E-state index is -0.267. The number of hydrogen-bond acceptors (Lipinski definition) is 3. The zero-order chi connectivity index (χ0) is 19.3. The molecule has 1 heterocycles. The number of nitrogens with zero attached hydrogens (tertiary/aromatic N) is 2. The highest BCUT2D eigenvalue weighted by Gasteiger charge is 2.11. The SMILES string of the molecule is CC(Nc1cc(-c2ccc(F)cc2)nc(-c2ccccc2)n1)c1ccccc1. The van der Waals surface area contributed by atoms with Crippen LogP contribution in [-0.4, -0.2) is 9.97 Å². The molecule has 0 radical (unpaired) electrons. The first-order chi connectivity index (χ1) is 13.7. The molecule has 3 nitrogen and oxygen atoms in total. The van der Waals surface area contributed by atoms with Crippen LogP contribution in [0.3, 0.4) is 0 Å². The molecule has 0 saturated carbocycles. The Kier molecular flexibility index (Phi) is 5.11. The molecule has 1 aromatic heterocycles. The van der Waals surface area contributed by atoms with Gasteiger partial charge in [0.2, 0.25) is 0 Å². The first-order valence-electron chi connectivity index (χ1n) is 9.21. The third kappa shape index (κ3) is 4.07. The van der Waals surface area contributed by atoms with E-state index in [4.69, 9.17) is 9.97 Å². The molecule has 0 aliphatic carbocycles. The second kappa shape index (κ2) is 8.01. The highest BCUT2D eigenvalue weighted by Crippen LogP contribution is 2.26. The Bertz CT molecular complexity index is 1050. The highest BCUT2D eigenvalue weighted by atomic mass is 19.1. The number of aromatic nitrogens is 2. The molecule has 1 unspecified atom stereocenters. The average molecular weight is 369 g/mol. The molecule has 3 aromatic carbocycles. The van der Waals surface area contributed by atoms with Crippen LogP contribution in [-0.2, 0) is 0 Å². The normalized spacial score (nSPS) is 11.8. The molecule has 4 heteroatoms. The Labute approximate surface area is 163 Å². The van der Waals surface area contributed by atoms with E-state index in [9.17, 15) is 4.39 Å². The van der Waals surface area contributed by atoms with Crippen LogP contribution in [0, 0.1) is 5.82 Å². The van der Waals surface area contributed by atoms with Gasteiger partial charge in [-0.25, -0.2) is 14.4 Å². The highest BCUT2D eigenvalue weighted by molar-refractivity contribution is 5.67. The van der Waals surface area contributed by atoms with Gasteiger partial charge in [0.05, 0.1) is 5.69 Å². The lowest BCUT2D eigenvalue weighted by Crippen LogP contribution is -2.09. The fourth-order valence-electron chi connectivity index (χ4n) is 3.05. The number of hydrogen-bond donors (Lipinski definition) is 1. The van der Waals surface area contributed by atoms with Crippen LogP contribution in [0.1, 0.15) is 18.5 Å². The fourth-order valence-corrected chi connectivity index (χ4v) is 3.05. The van der Waals surface area contributed by atoms with Crippen LogP contribution in [0.2, 0.25) is 0 Å². The minimum absolute atomic E-state index is 0.0841. The molecule has 0 saturated heterocycles. The standard InChI is InChI=1S/C24H20FN3/c1-17(18-8-4-2-5-9-18)26-23-16-22(19-12-14-21(25)15-13-19)27-24(28-23)20-10-6-3-7-11-20/h2-17H,1H3,(H,26,27,28). The minimum Gasteiger partial charge on any atom is -0.363 e. The first-order valence-corrected chi connectivity index (χ1v) is 9.21. The van der Waals surface area contributed by atoms with Gasteiger partial charge in [0.25, 0.3) is 0 Å². The largest absolute Gasteiger partial charge is 0.363 e. The summed E-state index contributed by atoms with van der Waals surface area (Å²) in [6.07, 6.45) is 0. The Balaban J connectivity index is 1.74. The molecule has 4 rings (SSSR count). The molecular formula is C24H20FN3. The zero-order valence-electron chi connectivity index (χ0n) is 15.5. The molecule has 0 spiro atoms. The number of halogens is 1. The molecule has 138 valence electrons. The maximum atomic E-state index is 13.3. The molecule has 0 fully saturated rings. The quantitative estimate of drug-likeness (QED) is 0.460. The van der Waals surface area contributed by atoms with Gasteiger partial charge < -0.3 is 5.32 Å². The van der Waals surface area contributed by atoms with Crippen molar-refractivity contribution in [2.75, 3.05) is 5.32 Å². The van der Waals surface area contributed by atoms with E-state index in [2.05, 4.69) is 24.4 Å². The van der Waals surface area contributed by atoms with Gasteiger partial charge in [0.15, 0.2) is 5.82 Å². The van der Waals surface area contributed by atoms with Gasteiger partial charge in [0.1, 0.15) is 11.6 Å². The lowest BCUT2D eigenvalue weighted by molar-refractivity contribution is 0.628. The van der Waals surface area contributed by atoms with Crippen molar-refractivity contribution in [1.82, 2.24) is 9.97 Å². The van der Waals surface area contributed by atoms with E-state index in [1.807, 2.05) is 54.6 Å². The molecule has 0 aliphatic heterocycles. The maximum absolute atomic E-state index is 13.3. The predicted molar refractivity (Wildman–Crippen MR) is 111 cm³/mol. The van der Waals surface area contributed by atoms with E-state index < -0.39 is 0 Å². The Morgan fingerprint density at radius 1 is 0.750 bits per heavy atom. The molecule has 1 N–H and O–H groups in total. The Morgan fingerprint density at radius 2 is 1.39 bits per heavy atom. The lowest BCUT2D eigenvalue weighted by atomic mass is 10.1. The lowest BCUT2D eigenvalue weighted by Gasteiger charge is -2.16. The third-order valence-electron chi connectivity index (χ3n) is 4.56. The van der Waals surface area contributed by atoms with Crippen LogP contribution < -0.4 is 5.32 Å². The van der Waals surface area contributed by atoms with Gasteiger partial charge >= 0.3 is 0 Å². The second-order valence-electron chi connectivity index (χ2n) is 6.61. The van der Waals surface area contributed by atoms with Crippen molar-refractivity contribution in [1.29, 1.82) is 0 Å². The predicted octanol–water partition coefficient (Wildman–Crippen LogP) is 6.12. The molecule has 4 aromatic rings. The molecule has 0 bridgehead atoms. The van der Waals surface area contributed by atoms with Gasteiger partial charge in [-0.3, -0.25) is 0 Å².